The van der Waals surface area contributed by atoms with E-state index in [2.05, 4.69) is 75.2 Å². The molecule has 7 nitrogen and oxygen atoms in total. The number of ketones is 2. The van der Waals surface area contributed by atoms with Crippen molar-refractivity contribution in [2.45, 2.75) is 98.8 Å². The summed E-state index contributed by atoms with van der Waals surface area (Å²) in [7, 11) is 0. The molecule has 0 saturated heterocycles. The molecule has 0 aliphatic heterocycles. The van der Waals surface area contributed by atoms with Crippen LogP contribution >= 0.6 is 0 Å². The number of nitriles is 1. The molecule has 4 saturated carbocycles. The van der Waals surface area contributed by atoms with Crippen LogP contribution in [0.4, 0.5) is 0 Å². The lowest BCUT2D eigenvalue weighted by atomic mass is 9.36. The lowest BCUT2D eigenvalue weighted by Gasteiger charge is -2.66. The van der Waals surface area contributed by atoms with Gasteiger partial charge < -0.3 is 0 Å². The molecule has 0 amide bonds. The van der Waals surface area contributed by atoms with Gasteiger partial charge >= 0.3 is 0 Å². The maximum absolute atomic E-state index is 14.6. The van der Waals surface area contributed by atoms with Crippen molar-refractivity contribution >= 4 is 11.6 Å². The minimum absolute atomic E-state index is 0.0359. The summed E-state index contributed by atoms with van der Waals surface area (Å²) in [6.45, 7) is 15.4. The standard InChI is InChI=1S/C31H43N5O2/c1-16-26(38)30(6,7)25-23(29(16,4)5)21-18(14-28(25,2)3)17-11-13-31(27-33-35-36-34-27)12-9-8-10-20(31)22(17)24(37)19(21)15-32/h16-18,20,22-23,25H,8-14H2,1-7H3,(H,33,34,35,36). The number of hydrogen-bond donors (Lipinski definition) is 1. The Morgan fingerprint density at radius 3 is 2.42 bits per heavy atom. The molecule has 8 atom stereocenters. The lowest BCUT2D eigenvalue weighted by molar-refractivity contribution is -0.169. The summed E-state index contributed by atoms with van der Waals surface area (Å²) in [6, 6.07) is 2.48. The quantitative estimate of drug-likeness (QED) is 0.518. The first-order valence-electron chi connectivity index (χ1n) is 14.8. The highest BCUT2D eigenvalue weighted by atomic mass is 16.1. The molecule has 38 heavy (non-hydrogen) atoms. The molecule has 7 heteroatoms. The number of Topliss-reactive ketones (excluding diaryl/α,β-unsaturated/α-hetero) is 2. The summed E-state index contributed by atoms with van der Waals surface area (Å²) in [5.41, 5.74) is 0.358. The highest BCUT2D eigenvalue weighted by molar-refractivity contribution is 6.03. The first kappa shape index (κ1) is 25.9. The largest absolute Gasteiger partial charge is 0.299 e. The van der Waals surface area contributed by atoms with E-state index < -0.39 is 5.41 Å². The zero-order valence-corrected chi connectivity index (χ0v) is 24.1. The average Bonchev–Trinajstić information content (AvgIpc) is 3.41. The van der Waals surface area contributed by atoms with E-state index in [1.807, 2.05) is 0 Å². The normalized spacial score (nSPS) is 42.8. The maximum atomic E-state index is 14.6. The number of fused-ring (bicyclic) bond motifs is 7. The number of H-pyrrole nitrogens is 1. The minimum Gasteiger partial charge on any atom is -0.299 e. The Bertz CT molecular complexity index is 1250. The predicted molar refractivity (Wildman–Crippen MR) is 142 cm³/mol. The van der Waals surface area contributed by atoms with Gasteiger partial charge in [-0.15, -0.1) is 10.2 Å². The summed E-state index contributed by atoms with van der Waals surface area (Å²) >= 11 is 0. The fraction of sp³-hybridized carbons (Fsp3) is 0.806. The highest BCUT2D eigenvalue weighted by Crippen LogP contribution is 2.70. The molecular formula is C31H43N5O2. The van der Waals surface area contributed by atoms with Crippen molar-refractivity contribution in [3.05, 3.63) is 17.0 Å². The summed E-state index contributed by atoms with van der Waals surface area (Å²) in [5, 5.41) is 26.1. The molecular weight excluding hydrogens is 474 g/mol. The fourth-order valence-corrected chi connectivity index (χ4v) is 11.0. The number of carbonyl (C=O) groups excluding carboxylic acids is 2. The van der Waals surface area contributed by atoms with Gasteiger partial charge in [-0.3, -0.25) is 9.59 Å². The molecule has 0 radical (unpaired) electrons. The van der Waals surface area contributed by atoms with Gasteiger partial charge in [0.2, 0.25) is 0 Å². The molecule has 1 aromatic rings. The van der Waals surface area contributed by atoms with E-state index >= 15 is 0 Å². The average molecular weight is 518 g/mol. The van der Waals surface area contributed by atoms with E-state index in [1.54, 1.807) is 0 Å². The van der Waals surface area contributed by atoms with E-state index in [-0.39, 0.29) is 63.5 Å². The summed E-state index contributed by atoms with van der Waals surface area (Å²) in [4.78, 5) is 28.3. The van der Waals surface area contributed by atoms with Crippen molar-refractivity contribution in [2.24, 2.45) is 57.7 Å². The van der Waals surface area contributed by atoms with Crippen molar-refractivity contribution in [1.82, 2.24) is 20.6 Å². The number of hydrogen-bond acceptors (Lipinski definition) is 6. The smallest absolute Gasteiger partial charge is 0.180 e. The molecule has 0 aromatic carbocycles. The number of carbonyl (C=O) groups is 2. The van der Waals surface area contributed by atoms with E-state index in [4.69, 9.17) is 0 Å². The van der Waals surface area contributed by atoms with Gasteiger partial charge in [0.05, 0.1) is 5.57 Å². The van der Waals surface area contributed by atoms with Crippen LogP contribution in [0, 0.1) is 69.0 Å². The van der Waals surface area contributed by atoms with Crippen molar-refractivity contribution in [1.29, 1.82) is 5.26 Å². The third kappa shape index (κ3) is 3.09. The van der Waals surface area contributed by atoms with Crippen molar-refractivity contribution in [3.8, 4) is 6.07 Å². The molecule has 0 bridgehead atoms. The molecule has 5 aliphatic carbocycles. The Hall–Kier alpha value is -2.36. The van der Waals surface area contributed by atoms with Crippen LogP contribution in [0.5, 0.6) is 0 Å². The number of aromatic nitrogens is 4. The topological polar surface area (TPSA) is 112 Å². The molecule has 4 fully saturated rings. The number of aromatic amines is 1. The van der Waals surface area contributed by atoms with Crippen LogP contribution in [0.3, 0.4) is 0 Å². The number of allylic oxidation sites excluding steroid dienone is 2. The van der Waals surface area contributed by atoms with Crippen LogP contribution in [0.15, 0.2) is 11.1 Å². The number of nitrogens with zero attached hydrogens (tertiary/aromatic N) is 4. The molecule has 1 N–H and O–H groups in total. The second kappa shape index (κ2) is 8.08. The monoisotopic (exact) mass is 517 g/mol. The van der Waals surface area contributed by atoms with Gasteiger partial charge in [-0.2, -0.15) is 10.5 Å². The molecule has 8 unspecified atom stereocenters. The van der Waals surface area contributed by atoms with Crippen LogP contribution in [-0.4, -0.2) is 32.2 Å². The van der Waals surface area contributed by atoms with Crippen LogP contribution < -0.4 is 0 Å². The number of tetrazole rings is 1. The lowest BCUT2D eigenvalue weighted by Crippen LogP contribution is -2.64. The fourth-order valence-electron chi connectivity index (χ4n) is 11.0. The van der Waals surface area contributed by atoms with Crippen LogP contribution in [0.1, 0.15) is 99.2 Å². The summed E-state index contributed by atoms with van der Waals surface area (Å²) in [5.74, 6) is 1.52. The molecule has 1 aromatic heterocycles. The zero-order valence-electron chi connectivity index (χ0n) is 24.1. The highest BCUT2D eigenvalue weighted by Gasteiger charge is 2.68. The Morgan fingerprint density at radius 1 is 1.03 bits per heavy atom. The zero-order chi connectivity index (χ0) is 27.4. The number of nitrogens with one attached hydrogen (secondary N) is 1. The first-order valence-corrected chi connectivity index (χ1v) is 14.8. The minimum atomic E-state index is -0.509. The molecule has 1 heterocycles. The van der Waals surface area contributed by atoms with Gasteiger partial charge in [0.25, 0.3) is 0 Å². The third-order valence-electron chi connectivity index (χ3n) is 12.6. The van der Waals surface area contributed by atoms with E-state index in [1.165, 1.54) is 0 Å². The van der Waals surface area contributed by atoms with Crippen molar-refractivity contribution in [2.75, 3.05) is 0 Å². The molecule has 204 valence electrons. The van der Waals surface area contributed by atoms with E-state index in [9.17, 15) is 14.9 Å². The predicted octanol–water partition coefficient (Wildman–Crippen LogP) is 5.61. The van der Waals surface area contributed by atoms with Crippen molar-refractivity contribution < 1.29 is 9.59 Å². The summed E-state index contributed by atoms with van der Waals surface area (Å²) < 4.78 is 0. The first-order chi connectivity index (χ1) is 17.8. The maximum Gasteiger partial charge on any atom is 0.180 e. The van der Waals surface area contributed by atoms with Gasteiger partial charge in [0, 0.05) is 22.7 Å². The number of rotatable bonds is 1. The van der Waals surface area contributed by atoms with Crippen LogP contribution in [0.25, 0.3) is 0 Å². The Balaban J connectivity index is 1.54. The Kier molecular flexibility index (Phi) is 5.51. The third-order valence-corrected chi connectivity index (χ3v) is 12.6. The van der Waals surface area contributed by atoms with Gasteiger partial charge in [-0.25, -0.2) is 0 Å². The van der Waals surface area contributed by atoms with Crippen LogP contribution in [0.2, 0.25) is 0 Å². The molecule has 0 spiro atoms. The second-order valence-corrected chi connectivity index (χ2v) is 15.2. The Labute approximate surface area is 226 Å². The van der Waals surface area contributed by atoms with Crippen LogP contribution in [-0.2, 0) is 15.0 Å². The SMILES string of the molecule is CC1C(=O)C(C)(C)C2C(C3=C(C#N)C(=O)C4C(CCC5(c6nn[nH]n6)CCCCC45)C3CC2(C)C)C1(C)C. The van der Waals surface area contributed by atoms with Gasteiger partial charge in [-0.05, 0) is 78.1 Å². The van der Waals surface area contributed by atoms with E-state index in [0.717, 1.165) is 56.3 Å². The van der Waals surface area contributed by atoms with Gasteiger partial charge in [0.1, 0.15) is 11.9 Å². The summed E-state index contributed by atoms with van der Waals surface area (Å²) in [6.07, 6.45) is 7.00. The van der Waals surface area contributed by atoms with E-state index in [0.29, 0.717) is 11.4 Å². The van der Waals surface area contributed by atoms with Gasteiger partial charge in [-0.1, -0.05) is 66.5 Å². The van der Waals surface area contributed by atoms with Gasteiger partial charge in [0.15, 0.2) is 11.6 Å². The second-order valence-electron chi connectivity index (χ2n) is 15.2. The molecule has 5 aliphatic rings. The molecule has 6 rings (SSSR count). The Morgan fingerprint density at radius 2 is 1.76 bits per heavy atom. The van der Waals surface area contributed by atoms with Crippen molar-refractivity contribution in [3.63, 3.8) is 0 Å².